The van der Waals surface area contributed by atoms with Crippen molar-refractivity contribution >= 4 is 17.3 Å². The average molecular weight is 248 g/mol. The van der Waals surface area contributed by atoms with Gasteiger partial charge in [-0.25, -0.2) is 0 Å². The average Bonchev–Trinajstić information content (AvgIpc) is 2.33. The van der Waals surface area contributed by atoms with E-state index in [4.69, 9.17) is 11.0 Å². The van der Waals surface area contributed by atoms with E-state index in [1.54, 1.807) is 6.07 Å². The van der Waals surface area contributed by atoms with E-state index in [0.29, 0.717) is 18.7 Å². The highest BCUT2D eigenvalue weighted by molar-refractivity contribution is 5.73. The number of nitrogens with two attached hydrogens (primary N) is 1. The minimum atomic E-state index is -0.602. The van der Waals surface area contributed by atoms with Gasteiger partial charge >= 0.3 is 0 Å². The molecular formula is C11H12N4O3. The van der Waals surface area contributed by atoms with Gasteiger partial charge in [-0.3, -0.25) is 14.9 Å². The fourth-order valence-corrected chi connectivity index (χ4v) is 1.39. The van der Waals surface area contributed by atoms with Crippen molar-refractivity contribution < 1.29 is 9.72 Å². The van der Waals surface area contributed by atoms with Crippen molar-refractivity contribution in [3.63, 3.8) is 0 Å². The van der Waals surface area contributed by atoms with Crippen LogP contribution in [0.15, 0.2) is 18.2 Å². The molecule has 7 heteroatoms. The van der Waals surface area contributed by atoms with Crippen molar-refractivity contribution in [1.82, 2.24) is 0 Å². The lowest BCUT2D eigenvalue weighted by molar-refractivity contribution is -0.385. The third kappa shape index (κ3) is 3.75. The maximum atomic E-state index is 10.6. The first kappa shape index (κ1) is 13.4. The Hall–Kier alpha value is -2.62. The second-order valence-corrected chi connectivity index (χ2v) is 3.60. The quantitative estimate of drug-likeness (QED) is 0.444. The maximum absolute atomic E-state index is 10.6. The van der Waals surface area contributed by atoms with Crippen molar-refractivity contribution in [2.75, 3.05) is 11.9 Å². The Morgan fingerprint density at radius 3 is 2.83 bits per heavy atom. The molecule has 0 bridgehead atoms. The number of amides is 1. The van der Waals surface area contributed by atoms with Gasteiger partial charge in [0.05, 0.1) is 4.92 Å². The summed E-state index contributed by atoms with van der Waals surface area (Å²) in [4.78, 5) is 20.5. The number of primary amides is 1. The van der Waals surface area contributed by atoms with Gasteiger partial charge in [0.1, 0.15) is 11.6 Å². The number of nitro groups is 1. The Kier molecular flexibility index (Phi) is 4.63. The predicted molar refractivity (Wildman–Crippen MR) is 64.7 cm³/mol. The SMILES string of the molecule is N#Cc1cc(NCCCC(N)=O)ccc1[N+](=O)[O-]. The highest BCUT2D eigenvalue weighted by atomic mass is 16.6. The van der Waals surface area contributed by atoms with Crippen molar-refractivity contribution in [1.29, 1.82) is 5.26 Å². The molecule has 0 atom stereocenters. The zero-order valence-electron chi connectivity index (χ0n) is 9.55. The number of nitrogens with zero attached hydrogens (tertiary/aromatic N) is 2. The number of nitriles is 1. The van der Waals surface area contributed by atoms with Crippen LogP contribution in [-0.4, -0.2) is 17.4 Å². The molecule has 0 heterocycles. The third-order valence-electron chi connectivity index (χ3n) is 2.24. The van der Waals surface area contributed by atoms with Crippen molar-refractivity contribution in [3.05, 3.63) is 33.9 Å². The molecule has 0 saturated heterocycles. The second kappa shape index (κ2) is 6.20. The molecule has 0 aromatic heterocycles. The molecule has 0 saturated carbocycles. The van der Waals surface area contributed by atoms with E-state index in [-0.39, 0.29) is 23.6 Å². The van der Waals surface area contributed by atoms with Crippen LogP contribution >= 0.6 is 0 Å². The Bertz CT molecular complexity index is 508. The summed E-state index contributed by atoms with van der Waals surface area (Å²) in [5, 5.41) is 22.4. The Morgan fingerprint density at radius 1 is 1.56 bits per heavy atom. The van der Waals surface area contributed by atoms with Crippen molar-refractivity contribution in [2.24, 2.45) is 5.73 Å². The first-order chi connectivity index (χ1) is 8.54. The molecule has 1 aromatic carbocycles. The predicted octanol–water partition coefficient (Wildman–Crippen LogP) is 1.14. The first-order valence-corrected chi connectivity index (χ1v) is 5.25. The summed E-state index contributed by atoms with van der Waals surface area (Å²) in [6, 6.07) is 5.97. The van der Waals surface area contributed by atoms with Gasteiger partial charge in [0, 0.05) is 24.7 Å². The van der Waals surface area contributed by atoms with Crippen LogP contribution in [0.5, 0.6) is 0 Å². The van der Waals surface area contributed by atoms with E-state index in [0.717, 1.165) is 0 Å². The van der Waals surface area contributed by atoms with E-state index >= 15 is 0 Å². The standard InChI is InChI=1S/C11H12N4O3/c12-7-8-6-9(3-4-10(8)15(17)18)14-5-1-2-11(13)16/h3-4,6,14H,1-2,5H2,(H2,13,16). The second-order valence-electron chi connectivity index (χ2n) is 3.60. The minimum Gasteiger partial charge on any atom is -0.385 e. The minimum absolute atomic E-state index is 0.0000914. The number of hydrogen-bond acceptors (Lipinski definition) is 5. The molecule has 94 valence electrons. The third-order valence-corrected chi connectivity index (χ3v) is 2.24. The van der Waals surface area contributed by atoms with Gasteiger partial charge < -0.3 is 11.1 Å². The van der Waals surface area contributed by atoms with Gasteiger partial charge in [0.25, 0.3) is 5.69 Å². The van der Waals surface area contributed by atoms with E-state index in [1.165, 1.54) is 18.2 Å². The molecule has 0 aliphatic carbocycles. The molecule has 0 spiro atoms. The molecular weight excluding hydrogens is 236 g/mol. The molecule has 0 fully saturated rings. The Morgan fingerprint density at radius 2 is 2.28 bits per heavy atom. The molecule has 0 aliphatic rings. The highest BCUT2D eigenvalue weighted by Crippen LogP contribution is 2.21. The van der Waals surface area contributed by atoms with Gasteiger partial charge in [-0.1, -0.05) is 0 Å². The lowest BCUT2D eigenvalue weighted by Gasteiger charge is -2.05. The monoisotopic (exact) mass is 248 g/mol. The summed E-state index contributed by atoms with van der Waals surface area (Å²) >= 11 is 0. The highest BCUT2D eigenvalue weighted by Gasteiger charge is 2.13. The van der Waals surface area contributed by atoms with Crippen LogP contribution in [0.3, 0.4) is 0 Å². The number of rotatable bonds is 6. The molecule has 1 aromatic rings. The Balaban J connectivity index is 2.66. The van der Waals surface area contributed by atoms with Gasteiger partial charge in [-0.2, -0.15) is 5.26 Å². The summed E-state index contributed by atoms with van der Waals surface area (Å²) in [5.41, 5.74) is 5.36. The first-order valence-electron chi connectivity index (χ1n) is 5.25. The molecule has 1 rings (SSSR count). The number of carbonyl (C=O) groups excluding carboxylic acids is 1. The molecule has 0 aliphatic heterocycles. The summed E-state index contributed by atoms with van der Waals surface area (Å²) in [6.45, 7) is 0.506. The van der Waals surface area contributed by atoms with Crippen molar-refractivity contribution in [3.8, 4) is 6.07 Å². The van der Waals surface area contributed by atoms with Crippen LogP contribution < -0.4 is 11.1 Å². The summed E-state index contributed by atoms with van der Waals surface area (Å²) < 4.78 is 0. The number of nitro benzene ring substituents is 1. The van der Waals surface area contributed by atoms with Gasteiger partial charge in [0.2, 0.25) is 5.91 Å². The number of carbonyl (C=O) groups is 1. The normalized spacial score (nSPS) is 9.50. The van der Waals surface area contributed by atoms with Gasteiger partial charge in [-0.15, -0.1) is 0 Å². The van der Waals surface area contributed by atoms with E-state index in [1.807, 2.05) is 0 Å². The number of nitrogens with one attached hydrogen (secondary N) is 1. The van der Waals surface area contributed by atoms with Crippen molar-refractivity contribution in [2.45, 2.75) is 12.8 Å². The Labute approximate surface area is 103 Å². The topological polar surface area (TPSA) is 122 Å². The number of hydrogen-bond donors (Lipinski definition) is 2. The van der Waals surface area contributed by atoms with E-state index in [2.05, 4.69) is 5.32 Å². The van der Waals surface area contributed by atoms with E-state index < -0.39 is 4.92 Å². The van der Waals surface area contributed by atoms with Crippen LogP contribution in [0.4, 0.5) is 11.4 Å². The number of anilines is 1. The lowest BCUT2D eigenvalue weighted by Crippen LogP contribution is -2.12. The molecule has 0 unspecified atom stereocenters. The fraction of sp³-hybridized carbons (Fsp3) is 0.273. The van der Waals surface area contributed by atoms with Crippen LogP contribution in [0.2, 0.25) is 0 Å². The van der Waals surface area contributed by atoms with Crippen LogP contribution in [0, 0.1) is 21.4 Å². The van der Waals surface area contributed by atoms with Gasteiger partial charge in [0.15, 0.2) is 0 Å². The zero-order chi connectivity index (χ0) is 13.5. The molecule has 18 heavy (non-hydrogen) atoms. The summed E-state index contributed by atoms with van der Waals surface area (Å²) in [5.74, 6) is -0.377. The summed E-state index contributed by atoms with van der Waals surface area (Å²) in [7, 11) is 0. The molecule has 1 amide bonds. The number of benzene rings is 1. The van der Waals surface area contributed by atoms with Gasteiger partial charge in [-0.05, 0) is 18.6 Å². The molecule has 3 N–H and O–H groups in total. The maximum Gasteiger partial charge on any atom is 0.287 e. The van der Waals surface area contributed by atoms with Crippen LogP contribution in [-0.2, 0) is 4.79 Å². The zero-order valence-corrected chi connectivity index (χ0v) is 9.55. The molecule has 7 nitrogen and oxygen atoms in total. The summed E-state index contributed by atoms with van der Waals surface area (Å²) in [6.07, 6.45) is 0.833. The van der Waals surface area contributed by atoms with Crippen LogP contribution in [0.1, 0.15) is 18.4 Å². The van der Waals surface area contributed by atoms with Crippen LogP contribution in [0.25, 0.3) is 0 Å². The largest absolute Gasteiger partial charge is 0.385 e. The smallest absolute Gasteiger partial charge is 0.287 e. The molecule has 0 radical (unpaired) electrons. The fourth-order valence-electron chi connectivity index (χ4n) is 1.39. The van der Waals surface area contributed by atoms with E-state index in [9.17, 15) is 14.9 Å². The lowest BCUT2D eigenvalue weighted by atomic mass is 10.1.